The summed E-state index contributed by atoms with van der Waals surface area (Å²) in [5, 5.41) is 3.37. The smallest absolute Gasteiger partial charge is 0.351 e. The van der Waals surface area contributed by atoms with Crippen molar-refractivity contribution in [2.24, 2.45) is 0 Å². The van der Waals surface area contributed by atoms with Gasteiger partial charge in [0.25, 0.3) is 0 Å². The van der Waals surface area contributed by atoms with Crippen LogP contribution < -0.4 is 10.2 Å². The third kappa shape index (κ3) is 2.05. The van der Waals surface area contributed by atoms with Gasteiger partial charge in [0.05, 0.1) is 0 Å². The Bertz CT molecular complexity index is 438. The number of halogens is 3. The Morgan fingerprint density at radius 3 is 2.67 bits per heavy atom. The Labute approximate surface area is 103 Å². The van der Waals surface area contributed by atoms with Crippen LogP contribution in [-0.4, -0.2) is 30.2 Å². The predicted molar refractivity (Wildman–Crippen MR) is 61.4 cm³/mol. The second-order valence-electron chi connectivity index (χ2n) is 4.87. The molecule has 1 N–H and O–H groups in total. The number of piperidine rings is 2. The molecule has 3 nitrogen and oxygen atoms in total. The minimum Gasteiger partial charge on any atom is -0.351 e. The van der Waals surface area contributed by atoms with Crippen molar-refractivity contribution >= 4 is 5.82 Å². The lowest BCUT2D eigenvalue weighted by atomic mass is 9.93. The van der Waals surface area contributed by atoms with Crippen LogP contribution in [0.15, 0.2) is 18.2 Å². The second-order valence-corrected chi connectivity index (χ2v) is 4.87. The first-order chi connectivity index (χ1) is 8.54. The molecule has 0 saturated carbocycles. The normalized spacial score (nSPS) is 27.6. The molecule has 3 saturated heterocycles. The number of hydrogen-bond acceptors (Lipinski definition) is 3. The van der Waals surface area contributed by atoms with E-state index in [0.717, 1.165) is 32.0 Å². The Morgan fingerprint density at radius 2 is 2.11 bits per heavy atom. The number of nitrogens with zero attached hydrogens (tertiary/aromatic N) is 2. The number of hydrogen-bond donors (Lipinski definition) is 1. The van der Waals surface area contributed by atoms with Crippen molar-refractivity contribution in [1.29, 1.82) is 0 Å². The van der Waals surface area contributed by atoms with Gasteiger partial charge < -0.3 is 10.2 Å². The number of rotatable bonds is 1. The number of nitrogens with one attached hydrogen (secondary N) is 1. The highest BCUT2D eigenvalue weighted by atomic mass is 19.4. The summed E-state index contributed by atoms with van der Waals surface area (Å²) in [5.74, 6) is 0.445. The molecule has 3 aliphatic heterocycles. The zero-order valence-corrected chi connectivity index (χ0v) is 9.74. The van der Waals surface area contributed by atoms with Gasteiger partial charge in [0.15, 0.2) is 0 Å². The van der Waals surface area contributed by atoms with Gasteiger partial charge in [-0.3, -0.25) is 0 Å². The van der Waals surface area contributed by atoms with E-state index >= 15 is 0 Å². The zero-order chi connectivity index (χ0) is 12.8. The van der Waals surface area contributed by atoms with E-state index in [9.17, 15) is 13.2 Å². The van der Waals surface area contributed by atoms with Gasteiger partial charge in [-0.1, -0.05) is 6.07 Å². The Kier molecular flexibility index (Phi) is 2.69. The van der Waals surface area contributed by atoms with Crippen molar-refractivity contribution in [3.05, 3.63) is 23.9 Å². The van der Waals surface area contributed by atoms with Gasteiger partial charge in [-0.15, -0.1) is 0 Å². The summed E-state index contributed by atoms with van der Waals surface area (Å²) in [4.78, 5) is 5.76. The number of piperazine rings is 1. The quantitative estimate of drug-likeness (QED) is 0.834. The molecular formula is C12H14F3N3. The van der Waals surface area contributed by atoms with Gasteiger partial charge in [-0.25, -0.2) is 4.98 Å². The molecule has 0 radical (unpaired) electrons. The van der Waals surface area contributed by atoms with E-state index in [1.165, 1.54) is 6.07 Å². The summed E-state index contributed by atoms with van der Waals surface area (Å²) in [6, 6.07) is 4.76. The fourth-order valence-electron chi connectivity index (χ4n) is 2.73. The molecule has 2 atom stereocenters. The number of pyridine rings is 1. The molecule has 4 rings (SSSR count). The average Bonchev–Trinajstić information content (AvgIpc) is 2.39. The highest BCUT2D eigenvalue weighted by molar-refractivity contribution is 5.43. The standard InChI is InChI=1S/C12H14F3N3/c13-12(14,15)10-2-1-3-11(17-10)18-7-8-4-5-9(18)6-16-8/h1-3,8-9,16H,4-7H2. The molecule has 98 valence electrons. The number of fused-ring (bicyclic) bond motifs is 3. The van der Waals surface area contributed by atoms with Crippen molar-refractivity contribution in [3.8, 4) is 0 Å². The highest BCUT2D eigenvalue weighted by Crippen LogP contribution is 2.31. The van der Waals surface area contributed by atoms with Crippen molar-refractivity contribution in [3.63, 3.8) is 0 Å². The lowest BCUT2D eigenvalue weighted by molar-refractivity contribution is -0.141. The van der Waals surface area contributed by atoms with Gasteiger partial charge in [0.1, 0.15) is 11.5 Å². The SMILES string of the molecule is FC(F)(F)c1cccc(N2CC3CCC2CN3)n1. The lowest BCUT2D eigenvalue weighted by Gasteiger charge is -2.46. The summed E-state index contributed by atoms with van der Waals surface area (Å²) in [6.07, 6.45) is -2.25. The van der Waals surface area contributed by atoms with E-state index in [4.69, 9.17) is 0 Å². The molecule has 1 aromatic rings. The summed E-state index contributed by atoms with van der Waals surface area (Å²) < 4.78 is 37.9. The van der Waals surface area contributed by atoms with Crippen LogP contribution in [0.25, 0.3) is 0 Å². The molecule has 6 heteroatoms. The van der Waals surface area contributed by atoms with Gasteiger partial charge in [-0.05, 0) is 25.0 Å². The maximum absolute atomic E-state index is 12.6. The third-order valence-corrected chi connectivity index (χ3v) is 3.67. The van der Waals surface area contributed by atoms with E-state index in [1.54, 1.807) is 6.07 Å². The van der Waals surface area contributed by atoms with E-state index in [0.29, 0.717) is 11.9 Å². The van der Waals surface area contributed by atoms with E-state index in [-0.39, 0.29) is 6.04 Å². The molecule has 0 aliphatic carbocycles. The molecule has 1 aromatic heterocycles. The molecule has 18 heavy (non-hydrogen) atoms. The van der Waals surface area contributed by atoms with Crippen LogP contribution in [0, 0.1) is 0 Å². The summed E-state index contributed by atoms with van der Waals surface area (Å²) in [6.45, 7) is 1.58. The molecule has 0 amide bonds. The Morgan fingerprint density at radius 1 is 1.28 bits per heavy atom. The van der Waals surface area contributed by atoms with E-state index in [1.807, 2.05) is 4.90 Å². The number of aromatic nitrogens is 1. The highest BCUT2D eigenvalue weighted by Gasteiger charge is 2.36. The minimum atomic E-state index is -4.37. The van der Waals surface area contributed by atoms with E-state index < -0.39 is 11.9 Å². The largest absolute Gasteiger partial charge is 0.433 e. The molecule has 0 spiro atoms. The Balaban J connectivity index is 1.88. The van der Waals surface area contributed by atoms with Crippen LogP contribution in [0.3, 0.4) is 0 Å². The van der Waals surface area contributed by atoms with Crippen LogP contribution in [0.1, 0.15) is 18.5 Å². The predicted octanol–water partition coefficient (Wildman–Crippen LogP) is 2.04. The van der Waals surface area contributed by atoms with Crippen LogP contribution >= 0.6 is 0 Å². The van der Waals surface area contributed by atoms with Gasteiger partial charge >= 0.3 is 6.18 Å². The third-order valence-electron chi connectivity index (χ3n) is 3.67. The Hall–Kier alpha value is -1.30. The van der Waals surface area contributed by atoms with Crippen LogP contribution in [0.5, 0.6) is 0 Å². The van der Waals surface area contributed by atoms with Crippen LogP contribution in [-0.2, 0) is 6.18 Å². The maximum Gasteiger partial charge on any atom is 0.433 e. The van der Waals surface area contributed by atoms with Gasteiger partial charge in [-0.2, -0.15) is 13.2 Å². The topological polar surface area (TPSA) is 28.2 Å². The average molecular weight is 257 g/mol. The van der Waals surface area contributed by atoms with Gasteiger partial charge in [0.2, 0.25) is 0 Å². The minimum absolute atomic E-state index is 0.269. The number of alkyl halides is 3. The van der Waals surface area contributed by atoms with Crippen molar-refractivity contribution in [1.82, 2.24) is 10.3 Å². The molecule has 2 bridgehead atoms. The summed E-state index contributed by atoms with van der Waals surface area (Å²) in [5.41, 5.74) is -0.811. The molecule has 3 fully saturated rings. The molecule has 0 aromatic carbocycles. The lowest BCUT2D eigenvalue weighted by Crippen LogP contribution is -2.61. The first-order valence-electron chi connectivity index (χ1n) is 6.08. The molecule has 2 unspecified atom stereocenters. The molecular weight excluding hydrogens is 243 g/mol. The maximum atomic E-state index is 12.6. The summed E-state index contributed by atoms with van der Waals surface area (Å²) >= 11 is 0. The van der Waals surface area contributed by atoms with Crippen molar-refractivity contribution in [2.45, 2.75) is 31.1 Å². The second kappa shape index (κ2) is 4.12. The first kappa shape index (κ1) is 11.8. The van der Waals surface area contributed by atoms with Crippen molar-refractivity contribution < 1.29 is 13.2 Å². The fraction of sp³-hybridized carbons (Fsp3) is 0.583. The molecule has 4 heterocycles. The van der Waals surface area contributed by atoms with Crippen LogP contribution in [0.2, 0.25) is 0 Å². The fourth-order valence-corrected chi connectivity index (χ4v) is 2.73. The zero-order valence-electron chi connectivity index (χ0n) is 9.74. The van der Waals surface area contributed by atoms with Crippen LogP contribution in [0.4, 0.5) is 19.0 Å². The molecule has 3 aliphatic rings. The van der Waals surface area contributed by atoms with Gasteiger partial charge in [0, 0.05) is 25.2 Å². The van der Waals surface area contributed by atoms with E-state index in [2.05, 4.69) is 10.3 Å². The number of anilines is 1. The summed E-state index contributed by atoms with van der Waals surface area (Å²) in [7, 11) is 0. The van der Waals surface area contributed by atoms with Crippen molar-refractivity contribution in [2.75, 3.05) is 18.0 Å². The first-order valence-corrected chi connectivity index (χ1v) is 6.08. The monoisotopic (exact) mass is 257 g/mol.